The molecular formula is C43H22N4O2+2. The summed E-state index contributed by atoms with van der Waals surface area (Å²) in [7, 11) is 0. The molecule has 0 saturated heterocycles. The lowest BCUT2D eigenvalue weighted by atomic mass is 9.86. The Hall–Kier alpha value is -6.66. The molecule has 224 valence electrons. The molecule has 11 aromatic rings. The van der Waals surface area contributed by atoms with Gasteiger partial charge in [-0.2, -0.15) is 9.13 Å². The van der Waals surface area contributed by atoms with E-state index in [1.165, 1.54) is 65.6 Å². The molecule has 0 fully saturated rings. The highest BCUT2D eigenvalue weighted by Gasteiger charge is 2.68. The van der Waals surface area contributed by atoms with E-state index < -0.39 is 5.66 Å². The van der Waals surface area contributed by atoms with Crippen LogP contribution in [0.4, 0.5) is 0 Å². The summed E-state index contributed by atoms with van der Waals surface area (Å²) >= 11 is 0. The fourth-order valence-electron chi connectivity index (χ4n) is 10.0. The van der Waals surface area contributed by atoms with E-state index in [4.69, 9.17) is 9.15 Å². The summed E-state index contributed by atoms with van der Waals surface area (Å²) < 4.78 is 23.4. The first-order valence-corrected chi connectivity index (χ1v) is 16.8. The van der Waals surface area contributed by atoms with Gasteiger partial charge >= 0.3 is 11.5 Å². The number of rotatable bonds is 0. The Kier molecular flexibility index (Phi) is 3.57. The molecule has 0 aliphatic carbocycles. The highest BCUT2D eigenvalue weighted by Crippen LogP contribution is 2.56. The summed E-state index contributed by atoms with van der Waals surface area (Å²) in [5.41, 5.74) is 10.6. The Morgan fingerprint density at radius 1 is 0.531 bits per heavy atom. The van der Waals surface area contributed by atoms with Gasteiger partial charge in [-0.15, -0.1) is 4.57 Å². The van der Waals surface area contributed by atoms with Crippen molar-refractivity contribution in [2.24, 2.45) is 0 Å². The van der Waals surface area contributed by atoms with Crippen molar-refractivity contribution in [1.29, 1.82) is 0 Å². The number of pyridine rings is 3. The minimum atomic E-state index is -0.733. The number of hydrogen-bond acceptors (Lipinski definition) is 2. The second-order valence-electron chi connectivity index (χ2n) is 13.7. The predicted molar refractivity (Wildman–Crippen MR) is 190 cm³/mol. The number of fused-ring (bicyclic) bond motifs is 14. The minimum Gasteiger partial charge on any atom is -0.456 e. The van der Waals surface area contributed by atoms with Crippen LogP contribution in [0.5, 0.6) is 11.6 Å². The Balaban J connectivity index is 1.31. The van der Waals surface area contributed by atoms with Crippen LogP contribution in [-0.4, -0.2) is 8.97 Å². The van der Waals surface area contributed by atoms with Gasteiger partial charge in [0.25, 0.3) is 5.82 Å². The Bertz CT molecular complexity index is 3440. The maximum absolute atomic E-state index is 6.99. The fourth-order valence-corrected chi connectivity index (χ4v) is 10.0. The molecule has 9 heterocycles. The summed E-state index contributed by atoms with van der Waals surface area (Å²) in [5, 5.41) is 8.35. The van der Waals surface area contributed by atoms with Crippen molar-refractivity contribution in [2.45, 2.75) is 5.66 Å². The zero-order chi connectivity index (χ0) is 31.3. The second-order valence-corrected chi connectivity index (χ2v) is 13.7. The molecule has 1 atom stereocenters. The van der Waals surface area contributed by atoms with Crippen molar-refractivity contribution < 1.29 is 18.3 Å². The zero-order valence-corrected chi connectivity index (χ0v) is 25.8. The third-order valence-electron chi connectivity index (χ3n) is 11.7. The molecule has 5 aromatic carbocycles. The lowest BCUT2D eigenvalue weighted by Crippen LogP contribution is -2.76. The van der Waals surface area contributed by atoms with E-state index in [0.717, 1.165) is 44.9 Å². The van der Waals surface area contributed by atoms with Gasteiger partial charge in [0.05, 0.1) is 28.7 Å². The van der Waals surface area contributed by atoms with Crippen LogP contribution in [0.1, 0.15) is 11.1 Å². The molecular weight excluding hydrogens is 604 g/mol. The zero-order valence-electron chi connectivity index (χ0n) is 25.8. The van der Waals surface area contributed by atoms with Crippen molar-refractivity contribution >= 4 is 82.0 Å². The summed E-state index contributed by atoms with van der Waals surface area (Å²) in [4.78, 5) is 0. The molecule has 14 rings (SSSR count). The van der Waals surface area contributed by atoms with Crippen molar-refractivity contribution in [3.05, 3.63) is 145 Å². The van der Waals surface area contributed by atoms with E-state index in [-0.39, 0.29) is 0 Å². The van der Waals surface area contributed by atoms with Gasteiger partial charge < -0.3 is 13.6 Å². The summed E-state index contributed by atoms with van der Waals surface area (Å²) in [6.07, 6.45) is 2.26. The van der Waals surface area contributed by atoms with Gasteiger partial charge in [0.2, 0.25) is 5.52 Å². The molecule has 0 radical (unpaired) electrons. The molecule has 0 amide bonds. The SMILES string of the molecule is c1cc[n+]2c(c1)-n1c3ccccc3c3ccc4c(c31)C21c2c3ccccc3n3c5cc6oc7ccccc7c6cc5c5ccc([n+]1c5c23)O4. The number of ether oxygens (including phenoxy) is 1. The van der Waals surface area contributed by atoms with E-state index in [9.17, 15) is 0 Å². The first kappa shape index (κ1) is 23.6. The maximum Gasteiger partial charge on any atom is 0.378 e. The average Bonchev–Trinajstić information content (AvgIpc) is 3.88. The Morgan fingerprint density at radius 2 is 1.33 bits per heavy atom. The van der Waals surface area contributed by atoms with Crippen molar-refractivity contribution in [3.63, 3.8) is 0 Å². The van der Waals surface area contributed by atoms with Crippen LogP contribution in [0.25, 0.3) is 87.8 Å². The standard InChI is InChI=1S/C43H22N4O2/c1-4-12-30-23(9-1)25-16-18-34-39-40(25)46(30)36-15-7-8-20-44(36)43(39)38-27-11-2-5-13-31(27)45-32-22-35-29(24-10-3-6-14-33(24)48-35)21-28(32)26-17-19-37(49-34)47(43)41(26)42(38)45/h1-22H/q+2. The second kappa shape index (κ2) is 7.40. The normalized spacial score (nSPS) is 16.8. The fraction of sp³-hybridized carbons (Fsp3) is 0.0233. The van der Waals surface area contributed by atoms with Gasteiger partial charge in [-0.25, -0.2) is 0 Å². The molecule has 6 nitrogen and oxygen atoms in total. The smallest absolute Gasteiger partial charge is 0.378 e. The molecule has 0 N–H and O–H groups in total. The average molecular weight is 627 g/mol. The molecule has 1 unspecified atom stereocenters. The largest absolute Gasteiger partial charge is 0.456 e. The topological polar surface area (TPSA) is 39.5 Å². The number of aromatic nitrogens is 4. The van der Waals surface area contributed by atoms with Gasteiger partial charge in [-0.1, -0.05) is 54.6 Å². The van der Waals surface area contributed by atoms with Crippen molar-refractivity contribution in [1.82, 2.24) is 8.97 Å². The minimum absolute atomic E-state index is 0.733. The number of hydrogen-bond donors (Lipinski definition) is 0. The molecule has 3 aliphatic rings. The molecule has 3 aliphatic heterocycles. The van der Waals surface area contributed by atoms with Crippen LogP contribution in [-0.2, 0) is 5.66 Å². The van der Waals surface area contributed by atoms with Crippen LogP contribution < -0.4 is 13.9 Å². The van der Waals surface area contributed by atoms with Gasteiger partial charge in [0.1, 0.15) is 27.8 Å². The number of benzene rings is 5. The van der Waals surface area contributed by atoms with Gasteiger partial charge in [0.15, 0.2) is 16.8 Å². The van der Waals surface area contributed by atoms with Crippen LogP contribution in [0.15, 0.2) is 138 Å². The van der Waals surface area contributed by atoms with Crippen molar-refractivity contribution in [3.8, 4) is 17.4 Å². The van der Waals surface area contributed by atoms with Crippen LogP contribution in [0, 0.1) is 0 Å². The number of furan rings is 1. The lowest BCUT2D eigenvalue weighted by Gasteiger charge is -2.33. The van der Waals surface area contributed by atoms with Gasteiger partial charge in [-0.3, -0.25) is 0 Å². The van der Waals surface area contributed by atoms with Gasteiger partial charge in [-0.05, 0) is 54.6 Å². The summed E-state index contributed by atoms with van der Waals surface area (Å²) in [6.45, 7) is 0. The number of para-hydroxylation sites is 3. The van der Waals surface area contributed by atoms with Crippen LogP contribution in [0.3, 0.4) is 0 Å². The van der Waals surface area contributed by atoms with E-state index in [0.29, 0.717) is 0 Å². The van der Waals surface area contributed by atoms with Crippen LogP contribution >= 0.6 is 0 Å². The van der Waals surface area contributed by atoms with E-state index in [1.54, 1.807) is 0 Å². The highest BCUT2D eigenvalue weighted by atomic mass is 16.5. The van der Waals surface area contributed by atoms with Crippen molar-refractivity contribution in [2.75, 3.05) is 0 Å². The predicted octanol–water partition coefficient (Wildman–Crippen LogP) is 9.00. The van der Waals surface area contributed by atoms with Crippen LogP contribution in [0.2, 0.25) is 0 Å². The molecule has 0 saturated carbocycles. The molecule has 1 spiro atoms. The first-order chi connectivity index (χ1) is 24.3. The molecule has 0 bridgehead atoms. The van der Waals surface area contributed by atoms with E-state index in [1.807, 2.05) is 6.07 Å². The summed E-state index contributed by atoms with van der Waals surface area (Å²) in [6, 6.07) is 46.1. The third-order valence-corrected chi connectivity index (χ3v) is 11.7. The maximum atomic E-state index is 6.99. The monoisotopic (exact) mass is 626 g/mol. The Morgan fingerprint density at radius 3 is 2.27 bits per heavy atom. The highest BCUT2D eigenvalue weighted by molar-refractivity contribution is 6.21. The van der Waals surface area contributed by atoms with E-state index in [2.05, 4.69) is 146 Å². The quantitative estimate of drug-likeness (QED) is 0.125. The molecule has 49 heavy (non-hydrogen) atoms. The third kappa shape index (κ3) is 2.28. The number of nitrogens with zero attached hydrogens (tertiary/aromatic N) is 4. The lowest BCUT2D eigenvalue weighted by molar-refractivity contribution is -0.958. The van der Waals surface area contributed by atoms with Gasteiger partial charge in [0, 0.05) is 44.5 Å². The summed E-state index contributed by atoms with van der Waals surface area (Å²) in [5.74, 6) is 2.85. The molecule has 6 aromatic heterocycles. The Labute approximate surface area is 276 Å². The first-order valence-electron chi connectivity index (χ1n) is 16.8. The van der Waals surface area contributed by atoms with E-state index >= 15 is 0 Å². The molecule has 6 heteroatoms.